The van der Waals surface area contributed by atoms with E-state index < -0.39 is 0 Å². The Morgan fingerprint density at radius 2 is 1.62 bits per heavy atom. The number of hydrogen-bond acceptors (Lipinski definition) is 7. The number of carbonyl (C=O) groups excluding carboxylic acids is 3. The van der Waals surface area contributed by atoms with E-state index in [1.54, 1.807) is 92.1 Å². The zero-order chi connectivity index (χ0) is 32.9. The summed E-state index contributed by atoms with van der Waals surface area (Å²) in [6.45, 7) is 5.93. The normalized spacial score (nSPS) is 13.0. The third-order valence-corrected chi connectivity index (χ3v) is 7.93. The summed E-state index contributed by atoms with van der Waals surface area (Å²) in [6.07, 6.45) is 1.72. The van der Waals surface area contributed by atoms with Gasteiger partial charge in [0.1, 0.15) is 11.6 Å². The summed E-state index contributed by atoms with van der Waals surface area (Å²) >= 11 is 0. The predicted octanol–water partition coefficient (Wildman–Crippen LogP) is 5.16. The molecule has 0 spiro atoms. The van der Waals surface area contributed by atoms with Gasteiger partial charge in [0.15, 0.2) is 5.65 Å². The summed E-state index contributed by atoms with van der Waals surface area (Å²) in [5.41, 5.74) is 3.46. The van der Waals surface area contributed by atoms with Crippen molar-refractivity contribution in [3.05, 3.63) is 114 Å². The van der Waals surface area contributed by atoms with Crippen LogP contribution in [-0.4, -0.2) is 74.9 Å². The number of amides is 3. The number of fused-ring (bicyclic) bond motifs is 1. The third kappa shape index (κ3) is 7.06. The highest BCUT2D eigenvalue weighted by atomic mass is 19.1. The maximum atomic E-state index is 13.7. The maximum absolute atomic E-state index is 13.7. The standard InChI is InChI=1S/C35H34FN7O4/c1-3-47-31-21-27(33(45)41-19-17-40(18-20-41)24(2)44)11-15-30(31)37-35-38-32-16-14-29(23-43(32)39-35)42(22-25-9-12-28(36)13-10-25)34(46)26-7-5-4-6-8-26/h4-16,21,23H,3,17-20,22H2,1-2H3,(H,37,39). The highest BCUT2D eigenvalue weighted by Crippen LogP contribution is 2.30. The van der Waals surface area contributed by atoms with Crippen LogP contribution in [-0.2, 0) is 11.3 Å². The van der Waals surface area contributed by atoms with Crippen molar-refractivity contribution in [3.63, 3.8) is 0 Å². The van der Waals surface area contributed by atoms with Gasteiger partial charge in [0.2, 0.25) is 11.9 Å². The molecule has 1 fully saturated rings. The fourth-order valence-electron chi connectivity index (χ4n) is 5.44. The molecule has 0 aliphatic carbocycles. The molecule has 0 bridgehead atoms. The van der Waals surface area contributed by atoms with Crippen molar-refractivity contribution in [3.8, 4) is 5.75 Å². The van der Waals surface area contributed by atoms with Crippen LogP contribution in [0.5, 0.6) is 5.75 Å². The summed E-state index contributed by atoms with van der Waals surface area (Å²) in [6, 6.07) is 23.7. The second-order valence-electron chi connectivity index (χ2n) is 11.1. The van der Waals surface area contributed by atoms with Crippen LogP contribution in [0.1, 0.15) is 40.1 Å². The van der Waals surface area contributed by atoms with Crippen molar-refractivity contribution in [1.82, 2.24) is 24.4 Å². The zero-order valence-corrected chi connectivity index (χ0v) is 26.1. The van der Waals surface area contributed by atoms with Gasteiger partial charge in [0.05, 0.1) is 30.7 Å². The van der Waals surface area contributed by atoms with E-state index in [-0.39, 0.29) is 30.1 Å². The van der Waals surface area contributed by atoms with Gasteiger partial charge in [-0.25, -0.2) is 8.91 Å². The van der Waals surface area contributed by atoms with Crippen LogP contribution in [0, 0.1) is 5.82 Å². The lowest BCUT2D eigenvalue weighted by Gasteiger charge is -2.34. The molecule has 3 amide bonds. The summed E-state index contributed by atoms with van der Waals surface area (Å²) in [7, 11) is 0. The number of anilines is 3. The highest BCUT2D eigenvalue weighted by molar-refractivity contribution is 6.06. The first-order valence-electron chi connectivity index (χ1n) is 15.4. The van der Waals surface area contributed by atoms with E-state index in [9.17, 15) is 18.8 Å². The smallest absolute Gasteiger partial charge is 0.258 e. The Kier molecular flexibility index (Phi) is 9.09. The van der Waals surface area contributed by atoms with Gasteiger partial charge >= 0.3 is 0 Å². The number of halogens is 1. The van der Waals surface area contributed by atoms with Crippen molar-refractivity contribution in [2.75, 3.05) is 43.0 Å². The number of benzene rings is 3. The first-order valence-corrected chi connectivity index (χ1v) is 15.4. The SMILES string of the molecule is CCOc1cc(C(=O)N2CCN(C(C)=O)CC2)ccc1Nc1nc2ccc(N(Cc3ccc(F)cc3)C(=O)c3ccccc3)cn2n1. The van der Waals surface area contributed by atoms with Crippen molar-refractivity contribution in [1.29, 1.82) is 0 Å². The molecular formula is C35H34FN7O4. The van der Waals surface area contributed by atoms with E-state index in [1.807, 2.05) is 13.0 Å². The molecule has 1 N–H and O–H groups in total. The Morgan fingerprint density at radius 1 is 0.894 bits per heavy atom. The average molecular weight is 636 g/mol. The first kappa shape index (κ1) is 31.2. The lowest BCUT2D eigenvalue weighted by Crippen LogP contribution is -2.50. The van der Waals surface area contributed by atoms with Gasteiger partial charge in [-0.05, 0) is 67.1 Å². The first-order chi connectivity index (χ1) is 22.8. The van der Waals surface area contributed by atoms with E-state index in [2.05, 4.69) is 15.4 Å². The van der Waals surface area contributed by atoms with Crippen LogP contribution >= 0.6 is 0 Å². The van der Waals surface area contributed by atoms with Gasteiger partial charge in [-0.1, -0.05) is 30.3 Å². The molecule has 11 nitrogen and oxygen atoms in total. The summed E-state index contributed by atoms with van der Waals surface area (Å²) in [5.74, 6) is 0.0719. The summed E-state index contributed by atoms with van der Waals surface area (Å²) < 4.78 is 21.1. The minimum atomic E-state index is -0.350. The molecule has 12 heteroatoms. The molecule has 0 radical (unpaired) electrons. The topological polar surface area (TPSA) is 112 Å². The van der Waals surface area contributed by atoms with Gasteiger partial charge in [-0.2, -0.15) is 4.98 Å². The van der Waals surface area contributed by atoms with Gasteiger partial charge in [-0.3, -0.25) is 14.4 Å². The highest BCUT2D eigenvalue weighted by Gasteiger charge is 2.24. The molecule has 47 heavy (non-hydrogen) atoms. The number of nitrogens with zero attached hydrogens (tertiary/aromatic N) is 6. The Hall–Kier alpha value is -5.78. The molecule has 6 rings (SSSR count). The number of piperazine rings is 1. The maximum Gasteiger partial charge on any atom is 0.258 e. The largest absolute Gasteiger partial charge is 0.492 e. The number of pyridine rings is 1. The van der Waals surface area contributed by atoms with Crippen molar-refractivity contribution in [2.24, 2.45) is 0 Å². The van der Waals surface area contributed by atoms with E-state index in [0.29, 0.717) is 72.6 Å². The third-order valence-electron chi connectivity index (χ3n) is 7.93. The fraction of sp³-hybridized carbons (Fsp3) is 0.229. The molecule has 5 aromatic rings. The second-order valence-corrected chi connectivity index (χ2v) is 11.1. The summed E-state index contributed by atoms with van der Waals surface area (Å²) in [4.78, 5) is 48.2. The number of rotatable bonds is 9. The lowest BCUT2D eigenvalue weighted by molar-refractivity contribution is -0.130. The van der Waals surface area contributed by atoms with Crippen LogP contribution in [0.3, 0.4) is 0 Å². The minimum Gasteiger partial charge on any atom is -0.492 e. The van der Waals surface area contributed by atoms with E-state index in [4.69, 9.17) is 4.74 Å². The molecular weight excluding hydrogens is 601 g/mol. The Labute approximate surface area is 271 Å². The van der Waals surface area contributed by atoms with Crippen LogP contribution in [0.15, 0.2) is 91.1 Å². The van der Waals surface area contributed by atoms with Gasteiger partial charge < -0.3 is 24.8 Å². The fourth-order valence-corrected chi connectivity index (χ4v) is 5.44. The van der Waals surface area contributed by atoms with Crippen molar-refractivity contribution in [2.45, 2.75) is 20.4 Å². The predicted molar refractivity (Wildman–Crippen MR) is 175 cm³/mol. The molecule has 3 heterocycles. The molecule has 0 saturated carbocycles. The van der Waals surface area contributed by atoms with E-state index in [0.717, 1.165) is 5.56 Å². The lowest BCUT2D eigenvalue weighted by atomic mass is 10.1. The average Bonchev–Trinajstić information content (AvgIpc) is 3.50. The number of ether oxygens (including phenoxy) is 1. The van der Waals surface area contributed by atoms with Crippen LogP contribution in [0.2, 0.25) is 0 Å². The van der Waals surface area contributed by atoms with Crippen LogP contribution in [0.25, 0.3) is 5.65 Å². The number of nitrogens with one attached hydrogen (secondary N) is 1. The molecule has 1 aliphatic rings. The summed E-state index contributed by atoms with van der Waals surface area (Å²) in [5, 5.41) is 7.80. The molecule has 1 aliphatic heterocycles. The zero-order valence-electron chi connectivity index (χ0n) is 26.1. The van der Waals surface area contributed by atoms with Gasteiger partial charge in [-0.15, -0.1) is 5.10 Å². The van der Waals surface area contributed by atoms with Gasteiger partial charge in [0.25, 0.3) is 11.8 Å². The Balaban J connectivity index is 1.24. The van der Waals surface area contributed by atoms with Crippen LogP contribution < -0.4 is 15.0 Å². The monoisotopic (exact) mass is 635 g/mol. The molecule has 2 aromatic heterocycles. The van der Waals surface area contributed by atoms with Crippen molar-refractivity contribution < 1.29 is 23.5 Å². The molecule has 240 valence electrons. The Morgan fingerprint density at radius 3 is 2.32 bits per heavy atom. The molecule has 0 atom stereocenters. The molecule has 0 unspecified atom stereocenters. The minimum absolute atomic E-state index is 0.00550. The quantitative estimate of drug-likeness (QED) is 0.238. The second kappa shape index (κ2) is 13.7. The number of carbonyl (C=O) groups is 3. The van der Waals surface area contributed by atoms with Crippen LogP contribution in [0.4, 0.5) is 21.7 Å². The van der Waals surface area contributed by atoms with Crippen molar-refractivity contribution >= 4 is 40.7 Å². The molecule has 3 aromatic carbocycles. The Bertz CT molecular complexity index is 1900. The van der Waals surface area contributed by atoms with E-state index in [1.165, 1.54) is 19.1 Å². The molecule has 1 saturated heterocycles. The van der Waals surface area contributed by atoms with Gasteiger partial charge in [0, 0.05) is 44.2 Å². The number of aromatic nitrogens is 3. The number of hydrogen-bond donors (Lipinski definition) is 1. The van der Waals surface area contributed by atoms with E-state index >= 15 is 0 Å².